The fourth-order valence-corrected chi connectivity index (χ4v) is 3.39. The van der Waals surface area contributed by atoms with E-state index in [0.717, 1.165) is 17.0 Å². The van der Waals surface area contributed by atoms with Crippen molar-refractivity contribution in [1.82, 2.24) is 10.2 Å². The molecule has 1 unspecified atom stereocenters. The van der Waals surface area contributed by atoms with Crippen molar-refractivity contribution >= 4 is 17.6 Å². The van der Waals surface area contributed by atoms with Crippen molar-refractivity contribution in [3.8, 4) is 5.75 Å². The first-order valence-electron chi connectivity index (χ1n) is 9.84. The zero-order valence-corrected chi connectivity index (χ0v) is 16.6. The minimum atomic E-state index is -0.283. The summed E-state index contributed by atoms with van der Waals surface area (Å²) in [6, 6.07) is 16.4. The third kappa shape index (κ3) is 5.48. The van der Waals surface area contributed by atoms with Gasteiger partial charge in [0.25, 0.3) is 0 Å². The second kappa shape index (κ2) is 9.93. The predicted octanol–water partition coefficient (Wildman–Crippen LogP) is 2.39. The van der Waals surface area contributed by atoms with Gasteiger partial charge < -0.3 is 25.0 Å². The number of hydrogen-bond acceptors (Lipinski definition) is 4. The number of rotatable bonds is 8. The molecule has 1 aliphatic heterocycles. The Labute approximate surface area is 170 Å². The molecule has 0 spiro atoms. The van der Waals surface area contributed by atoms with Gasteiger partial charge in [0, 0.05) is 31.7 Å². The maximum atomic E-state index is 12.7. The molecule has 1 aliphatic rings. The SMILES string of the molecule is CCOc1ccc(N2CC(NC(=O)N(CCO)Cc3ccccc3)CC2=O)cc1. The molecule has 0 aliphatic carbocycles. The van der Waals surface area contributed by atoms with E-state index in [1.165, 1.54) is 0 Å². The van der Waals surface area contributed by atoms with Gasteiger partial charge in [-0.05, 0) is 36.8 Å². The molecule has 1 heterocycles. The Morgan fingerprint density at radius 3 is 2.59 bits per heavy atom. The van der Waals surface area contributed by atoms with Crippen LogP contribution in [0.3, 0.4) is 0 Å². The molecule has 154 valence electrons. The standard InChI is InChI=1S/C22H27N3O4/c1-2-29-20-10-8-19(9-11-20)25-16-18(14-21(25)27)23-22(28)24(12-13-26)15-17-6-4-3-5-7-17/h3-11,18,26H,2,12-16H2,1H3,(H,23,28). The molecule has 0 aromatic heterocycles. The summed E-state index contributed by atoms with van der Waals surface area (Å²) in [5.74, 6) is 0.726. The molecule has 7 nitrogen and oxygen atoms in total. The van der Waals surface area contributed by atoms with E-state index in [-0.39, 0.29) is 37.6 Å². The minimum Gasteiger partial charge on any atom is -0.494 e. The van der Waals surface area contributed by atoms with Crippen molar-refractivity contribution in [3.63, 3.8) is 0 Å². The lowest BCUT2D eigenvalue weighted by Gasteiger charge is -2.24. The van der Waals surface area contributed by atoms with Gasteiger partial charge in [-0.3, -0.25) is 4.79 Å². The lowest BCUT2D eigenvalue weighted by atomic mass is 10.2. The number of hydrogen-bond donors (Lipinski definition) is 2. The van der Waals surface area contributed by atoms with E-state index in [2.05, 4.69) is 5.32 Å². The maximum Gasteiger partial charge on any atom is 0.318 e. The van der Waals surface area contributed by atoms with Crippen molar-refractivity contribution in [2.75, 3.05) is 31.2 Å². The van der Waals surface area contributed by atoms with Gasteiger partial charge in [0.05, 0.1) is 19.3 Å². The summed E-state index contributed by atoms with van der Waals surface area (Å²) in [5.41, 5.74) is 1.77. The molecule has 29 heavy (non-hydrogen) atoms. The second-order valence-electron chi connectivity index (χ2n) is 6.91. The van der Waals surface area contributed by atoms with Crippen LogP contribution in [0.25, 0.3) is 0 Å². The van der Waals surface area contributed by atoms with Crippen molar-refractivity contribution in [1.29, 1.82) is 0 Å². The number of aliphatic hydroxyl groups excluding tert-OH is 1. The van der Waals surface area contributed by atoms with Crippen LogP contribution < -0.4 is 15.0 Å². The van der Waals surface area contributed by atoms with E-state index in [9.17, 15) is 14.7 Å². The second-order valence-corrected chi connectivity index (χ2v) is 6.91. The van der Waals surface area contributed by atoms with E-state index < -0.39 is 0 Å². The molecule has 3 rings (SSSR count). The number of benzene rings is 2. The summed E-state index contributed by atoms with van der Waals surface area (Å²) in [5, 5.41) is 12.3. The van der Waals surface area contributed by atoms with Gasteiger partial charge in [0.1, 0.15) is 5.75 Å². The molecule has 0 saturated carbocycles. The highest BCUT2D eigenvalue weighted by molar-refractivity contribution is 5.96. The Bertz CT molecular complexity index is 811. The number of aliphatic hydroxyl groups is 1. The summed E-state index contributed by atoms with van der Waals surface area (Å²) < 4.78 is 5.44. The summed E-state index contributed by atoms with van der Waals surface area (Å²) in [6.07, 6.45) is 0.247. The Morgan fingerprint density at radius 1 is 1.21 bits per heavy atom. The van der Waals surface area contributed by atoms with Gasteiger partial charge in [-0.15, -0.1) is 0 Å². The van der Waals surface area contributed by atoms with E-state index in [4.69, 9.17) is 4.74 Å². The van der Waals surface area contributed by atoms with Crippen LogP contribution in [0.5, 0.6) is 5.75 Å². The zero-order valence-electron chi connectivity index (χ0n) is 16.6. The number of carbonyl (C=O) groups excluding carboxylic acids is 2. The van der Waals surface area contributed by atoms with Crippen LogP contribution in [-0.2, 0) is 11.3 Å². The maximum absolute atomic E-state index is 12.7. The Balaban J connectivity index is 1.60. The number of anilines is 1. The molecular weight excluding hydrogens is 370 g/mol. The van der Waals surface area contributed by atoms with E-state index in [1.807, 2.05) is 61.5 Å². The van der Waals surface area contributed by atoms with Crippen LogP contribution in [0.1, 0.15) is 18.9 Å². The smallest absolute Gasteiger partial charge is 0.318 e. The van der Waals surface area contributed by atoms with Crippen LogP contribution in [0.15, 0.2) is 54.6 Å². The topological polar surface area (TPSA) is 82.1 Å². The molecular formula is C22H27N3O4. The Morgan fingerprint density at radius 2 is 1.93 bits per heavy atom. The molecule has 1 fully saturated rings. The Hall–Kier alpha value is -3.06. The lowest BCUT2D eigenvalue weighted by molar-refractivity contribution is -0.117. The van der Waals surface area contributed by atoms with Gasteiger partial charge in [-0.2, -0.15) is 0 Å². The predicted molar refractivity (Wildman–Crippen MR) is 111 cm³/mol. The number of ether oxygens (including phenoxy) is 1. The zero-order chi connectivity index (χ0) is 20.6. The average Bonchev–Trinajstić information content (AvgIpc) is 3.09. The third-order valence-electron chi connectivity index (χ3n) is 4.79. The number of urea groups is 1. The average molecular weight is 397 g/mol. The van der Waals surface area contributed by atoms with Crippen molar-refractivity contribution in [2.45, 2.75) is 25.9 Å². The van der Waals surface area contributed by atoms with Gasteiger partial charge >= 0.3 is 6.03 Å². The minimum absolute atomic E-state index is 0.0313. The fraction of sp³-hybridized carbons (Fsp3) is 0.364. The normalized spacial score (nSPS) is 16.0. The number of carbonyl (C=O) groups is 2. The first-order valence-corrected chi connectivity index (χ1v) is 9.84. The molecule has 0 radical (unpaired) electrons. The molecule has 0 bridgehead atoms. The highest BCUT2D eigenvalue weighted by Gasteiger charge is 2.32. The van der Waals surface area contributed by atoms with Gasteiger partial charge in [-0.1, -0.05) is 30.3 Å². The summed E-state index contributed by atoms with van der Waals surface area (Å²) in [4.78, 5) is 28.4. The molecule has 7 heteroatoms. The molecule has 1 saturated heterocycles. The van der Waals surface area contributed by atoms with Crippen LogP contribution >= 0.6 is 0 Å². The lowest BCUT2D eigenvalue weighted by Crippen LogP contribution is -2.46. The summed E-state index contributed by atoms with van der Waals surface area (Å²) >= 11 is 0. The first kappa shape index (κ1) is 20.7. The monoisotopic (exact) mass is 397 g/mol. The Kier molecular flexibility index (Phi) is 7.08. The van der Waals surface area contributed by atoms with Crippen LogP contribution in [0.4, 0.5) is 10.5 Å². The van der Waals surface area contributed by atoms with Gasteiger partial charge in [0.2, 0.25) is 5.91 Å². The fourth-order valence-electron chi connectivity index (χ4n) is 3.39. The van der Waals surface area contributed by atoms with Crippen LogP contribution in [0, 0.1) is 0 Å². The van der Waals surface area contributed by atoms with E-state index in [0.29, 0.717) is 19.7 Å². The third-order valence-corrected chi connectivity index (χ3v) is 4.79. The van der Waals surface area contributed by atoms with Crippen LogP contribution in [-0.4, -0.2) is 54.3 Å². The molecule has 2 aromatic carbocycles. The summed E-state index contributed by atoms with van der Waals surface area (Å²) in [7, 11) is 0. The first-order chi connectivity index (χ1) is 14.1. The molecule has 1 atom stereocenters. The number of nitrogens with zero attached hydrogens (tertiary/aromatic N) is 2. The van der Waals surface area contributed by atoms with E-state index >= 15 is 0 Å². The van der Waals surface area contributed by atoms with Crippen molar-refractivity contribution in [3.05, 3.63) is 60.2 Å². The van der Waals surface area contributed by atoms with E-state index in [1.54, 1.807) is 9.80 Å². The molecule has 3 amide bonds. The highest BCUT2D eigenvalue weighted by Crippen LogP contribution is 2.24. The quantitative estimate of drug-likeness (QED) is 0.717. The molecule has 2 N–H and O–H groups in total. The molecule has 2 aromatic rings. The van der Waals surface area contributed by atoms with Crippen molar-refractivity contribution in [2.24, 2.45) is 0 Å². The largest absolute Gasteiger partial charge is 0.494 e. The van der Waals surface area contributed by atoms with Gasteiger partial charge in [0.15, 0.2) is 0 Å². The number of amides is 3. The highest BCUT2D eigenvalue weighted by atomic mass is 16.5. The summed E-state index contributed by atoms with van der Waals surface area (Å²) in [6.45, 7) is 3.42. The number of nitrogens with one attached hydrogen (secondary N) is 1. The van der Waals surface area contributed by atoms with Crippen molar-refractivity contribution < 1.29 is 19.4 Å². The van der Waals surface area contributed by atoms with Crippen LogP contribution in [0.2, 0.25) is 0 Å². The van der Waals surface area contributed by atoms with Gasteiger partial charge in [-0.25, -0.2) is 4.79 Å².